The van der Waals surface area contributed by atoms with Gasteiger partial charge in [0.15, 0.2) is 5.58 Å². The van der Waals surface area contributed by atoms with Crippen LogP contribution in [0.4, 0.5) is 11.7 Å². The van der Waals surface area contributed by atoms with Gasteiger partial charge in [-0.15, -0.1) is 0 Å². The predicted octanol–water partition coefficient (Wildman–Crippen LogP) is 3.46. The van der Waals surface area contributed by atoms with Gasteiger partial charge in [0.25, 0.3) is 6.01 Å². The summed E-state index contributed by atoms with van der Waals surface area (Å²) in [4.78, 5) is 3.99. The average Bonchev–Trinajstić information content (AvgIpc) is 2.74. The van der Waals surface area contributed by atoms with Gasteiger partial charge in [-0.2, -0.15) is 4.98 Å². The lowest BCUT2D eigenvalue weighted by Gasteiger charge is -1.96. The molecular weight excluding hydrogens is 322 g/mol. The Morgan fingerprint density at radius 1 is 1.15 bits per heavy atom. The molecule has 5 nitrogen and oxygen atoms in total. The summed E-state index contributed by atoms with van der Waals surface area (Å²) < 4.78 is 5.96. The largest absolute Gasteiger partial charge is 0.506 e. The number of benzene rings is 2. The van der Waals surface area contributed by atoms with Crippen molar-refractivity contribution in [2.75, 3.05) is 11.5 Å². The summed E-state index contributed by atoms with van der Waals surface area (Å²) in [5.41, 5.74) is 13.8. The molecule has 2 aromatic carbocycles. The molecule has 20 heavy (non-hydrogen) atoms. The molecule has 0 unspecified atom stereocenters. The SMILES string of the molecule is Cc1ccc2oc(N)nc2c1.Nc1cc(Br)ccc1O. The molecule has 0 aliphatic heterocycles. The van der Waals surface area contributed by atoms with Crippen LogP contribution >= 0.6 is 15.9 Å². The number of fused-ring (bicyclic) bond motifs is 1. The topological polar surface area (TPSA) is 98.3 Å². The highest BCUT2D eigenvalue weighted by Gasteiger charge is 2.00. The summed E-state index contributed by atoms with van der Waals surface area (Å²) in [7, 11) is 0. The lowest BCUT2D eigenvalue weighted by Crippen LogP contribution is -1.83. The number of oxazole rings is 1. The van der Waals surface area contributed by atoms with Crippen molar-refractivity contribution in [1.29, 1.82) is 0 Å². The third kappa shape index (κ3) is 3.42. The summed E-state index contributed by atoms with van der Waals surface area (Å²) in [6.45, 7) is 2.00. The fourth-order valence-corrected chi connectivity index (χ4v) is 1.96. The second-order valence-corrected chi connectivity index (χ2v) is 5.14. The van der Waals surface area contributed by atoms with E-state index in [0.717, 1.165) is 21.1 Å². The number of aryl methyl sites for hydroxylation is 1. The first-order chi connectivity index (χ1) is 9.45. The number of nitrogens with two attached hydrogens (primary N) is 2. The molecule has 0 spiro atoms. The Hall–Kier alpha value is -2.21. The van der Waals surface area contributed by atoms with E-state index >= 15 is 0 Å². The Bertz CT molecular complexity index is 740. The average molecular weight is 336 g/mol. The predicted molar refractivity (Wildman–Crippen MR) is 83.4 cm³/mol. The van der Waals surface area contributed by atoms with Gasteiger partial charge in [-0.1, -0.05) is 22.0 Å². The van der Waals surface area contributed by atoms with E-state index in [-0.39, 0.29) is 11.8 Å². The van der Waals surface area contributed by atoms with Gasteiger partial charge in [-0.05, 0) is 42.8 Å². The molecular formula is C14H14BrN3O2. The molecule has 3 aromatic rings. The number of aromatic nitrogens is 1. The van der Waals surface area contributed by atoms with Gasteiger partial charge in [-0.25, -0.2) is 0 Å². The van der Waals surface area contributed by atoms with E-state index in [1.54, 1.807) is 18.2 Å². The number of nitrogen functional groups attached to an aromatic ring is 2. The normalized spacial score (nSPS) is 10.1. The van der Waals surface area contributed by atoms with Gasteiger partial charge in [0.1, 0.15) is 11.3 Å². The Labute approximate surface area is 124 Å². The minimum atomic E-state index is 0.123. The molecule has 0 atom stereocenters. The van der Waals surface area contributed by atoms with Gasteiger partial charge >= 0.3 is 0 Å². The molecule has 5 N–H and O–H groups in total. The molecule has 0 saturated heterocycles. The van der Waals surface area contributed by atoms with Crippen LogP contribution in [0, 0.1) is 6.92 Å². The highest BCUT2D eigenvalue weighted by atomic mass is 79.9. The molecule has 1 heterocycles. The molecule has 0 saturated carbocycles. The number of nitrogens with zero attached hydrogens (tertiary/aromatic N) is 1. The van der Waals surface area contributed by atoms with Gasteiger partial charge in [0.2, 0.25) is 0 Å². The maximum Gasteiger partial charge on any atom is 0.292 e. The van der Waals surface area contributed by atoms with E-state index in [9.17, 15) is 0 Å². The van der Waals surface area contributed by atoms with Crippen molar-refractivity contribution < 1.29 is 9.52 Å². The Balaban J connectivity index is 0.000000151. The van der Waals surface area contributed by atoms with Crippen LogP contribution in [0.25, 0.3) is 11.1 Å². The standard InChI is InChI=1S/C8H8N2O.C6H6BrNO/c1-5-2-3-7-6(4-5)10-8(9)11-7;7-4-1-2-6(9)5(8)3-4/h2-4H,1H3,(H2,9,10);1-3,9H,8H2. The maximum atomic E-state index is 8.90. The minimum absolute atomic E-state index is 0.123. The number of halogens is 1. The molecule has 0 bridgehead atoms. The van der Waals surface area contributed by atoms with Crippen molar-refractivity contribution in [2.24, 2.45) is 0 Å². The highest BCUT2D eigenvalue weighted by Crippen LogP contribution is 2.23. The van der Waals surface area contributed by atoms with E-state index in [0.29, 0.717) is 5.69 Å². The van der Waals surface area contributed by atoms with Gasteiger partial charge in [0.05, 0.1) is 5.69 Å². The molecule has 0 radical (unpaired) electrons. The zero-order valence-corrected chi connectivity index (χ0v) is 12.4. The number of phenolic OH excluding ortho intramolecular Hbond substituents is 1. The monoisotopic (exact) mass is 335 g/mol. The molecule has 3 rings (SSSR count). The number of phenols is 1. The van der Waals surface area contributed by atoms with Crippen molar-refractivity contribution in [3.05, 3.63) is 46.4 Å². The van der Waals surface area contributed by atoms with Crippen LogP contribution in [0.2, 0.25) is 0 Å². The molecule has 1 aromatic heterocycles. The van der Waals surface area contributed by atoms with Crippen LogP contribution in [-0.4, -0.2) is 10.1 Å². The summed E-state index contributed by atoms with van der Waals surface area (Å²) in [6, 6.07) is 10.9. The van der Waals surface area contributed by atoms with Gasteiger partial charge in [-0.3, -0.25) is 0 Å². The molecule has 6 heteroatoms. The van der Waals surface area contributed by atoms with Crippen molar-refractivity contribution in [2.45, 2.75) is 6.92 Å². The van der Waals surface area contributed by atoms with Gasteiger partial charge < -0.3 is 21.0 Å². The number of rotatable bonds is 0. The third-order valence-electron chi connectivity index (χ3n) is 2.55. The first-order valence-corrected chi connectivity index (χ1v) is 6.61. The molecule has 0 amide bonds. The van der Waals surface area contributed by atoms with Crippen LogP contribution < -0.4 is 11.5 Å². The van der Waals surface area contributed by atoms with Crippen molar-refractivity contribution in [1.82, 2.24) is 4.98 Å². The smallest absolute Gasteiger partial charge is 0.292 e. The fraction of sp³-hybridized carbons (Fsp3) is 0.0714. The maximum absolute atomic E-state index is 8.90. The zero-order chi connectivity index (χ0) is 14.7. The van der Waals surface area contributed by atoms with Crippen LogP contribution in [0.5, 0.6) is 5.75 Å². The number of aromatic hydroxyl groups is 1. The fourth-order valence-electron chi connectivity index (χ4n) is 1.58. The highest BCUT2D eigenvalue weighted by molar-refractivity contribution is 9.10. The van der Waals surface area contributed by atoms with Crippen LogP contribution in [-0.2, 0) is 0 Å². The van der Waals surface area contributed by atoms with Crippen molar-refractivity contribution in [3.63, 3.8) is 0 Å². The van der Waals surface area contributed by atoms with E-state index in [1.807, 2.05) is 25.1 Å². The second-order valence-electron chi connectivity index (χ2n) is 4.23. The van der Waals surface area contributed by atoms with Gasteiger partial charge in [0, 0.05) is 4.47 Å². The first-order valence-electron chi connectivity index (χ1n) is 5.82. The van der Waals surface area contributed by atoms with Crippen LogP contribution in [0.3, 0.4) is 0 Å². The Kier molecular flexibility index (Phi) is 4.14. The third-order valence-corrected chi connectivity index (χ3v) is 3.04. The van der Waals surface area contributed by atoms with Crippen molar-refractivity contribution in [3.8, 4) is 5.75 Å². The van der Waals surface area contributed by atoms with E-state index in [1.165, 1.54) is 0 Å². The number of hydrogen-bond acceptors (Lipinski definition) is 5. The van der Waals surface area contributed by atoms with E-state index < -0.39 is 0 Å². The number of anilines is 2. The molecule has 0 aliphatic carbocycles. The Morgan fingerprint density at radius 3 is 2.55 bits per heavy atom. The quantitative estimate of drug-likeness (QED) is 0.431. The van der Waals surface area contributed by atoms with Crippen LogP contribution in [0.1, 0.15) is 5.56 Å². The van der Waals surface area contributed by atoms with E-state index in [2.05, 4.69) is 20.9 Å². The lowest BCUT2D eigenvalue weighted by atomic mass is 10.2. The Morgan fingerprint density at radius 2 is 1.90 bits per heavy atom. The summed E-state index contributed by atoms with van der Waals surface area (Å²) in [5, 5.41) is 8.90. The second kappa shape index (κ2) is 5.83. The summed E-state index contributed by atoms with van der Waals surface area (Å²) in [6.07, 6.45) is 0. The minimum Gasteiger partial charge on any atom is -0.506 e. The molecule has 0 aliphatic rings. The number of hydrogen-bond donors (Lipinski definition) is 3. The first kappa shape index (κ1) is 14.2. The molecule has 0 fully saturated rings. The van der Waals surface area contributed by atoms with E-state index in [4.69, 9.17) is 21.0 Å². The molecule has 104 valence electrons. The summed E-state index contributed by atoms with van der Waals surface area (Å²) in [5.74, 6) is 0.123. The zero-order valence-electron chi connectivity index (χ0n) is 10.8. The lowest BCUT2D eigenvalue weighted by molar-refractivity contribution is 0.478. The summed E-state index contributed by atoms with van der Waals surface area (Å²) >= 11 is 3.21. The van der Waals surface area contributed by atoms with Crippen LogP contribution in [0.15, 0.2) is 45.3 Å². The van der Waals surface area contributed by atoms with Crippen molar-refractivity contribution >= 4 is 38.7 Å².